The van der Waals surface area contributed by atoms with E-state index in [0.717, 1.165) is 25.8 Å². The number of hydrogen-bond donors (Lipinski definition) is 0. The molecule has 0 spiro atoms. The molecule has 2 heteroatoms. The molecule has 1 atom stereocenters. The van der Waals surface area contributed by atoms with Crippen LogP contribution >= 0.6 is 0 Å². The molecule has 1 aliphatic rings. The molecule has 1 fully saturated rings. The van der Waals surface area contributed by atoms with Gasteiger partial charge in [0.25, 0.3) is 0 Å². The number of hydrogen-bond acceptors (Lipinski definition) is 2. The van der Waals surface area contributed by atoms with Crippen molar-refractivity contribution >= 4 is 5.78 Å². The zero-order chi connectivity index (χ0) is 10.4. The Bertz CT molecular complexity index is 179. The van der Waals surface area contributed by atoms with Crippen molar-refractivity contribution in [3.63, 3.8) is 0 Å². The van der Waals surface area contributed by atoms with Gasteiger partial charge in [-0.2, -0.15) is 0 Å². The number of Topliss-reactive ketones (excluding diaryl/α,β-unsaturated/α-hetero) is 1. The van der Waals surface area contributed by atoms with Crippen LogP contribution in [0, 0.1) is 0 Å². The maximum absolute atomic E-state index is 11.3. The quantitative estimate of drug-likeness (QED) is 0.631. The molecule has 1 saturated carbocycles. The van der Waals surface area contributed by atoms with Crippen molar-refractivity contribution in [2.75, 3.05) is 13.6 Å². The minimum Gasteiger partial charge on any atom is -0.303 e. The molecule has 14 heavy (non-hydrogen) atoms. The van der Waals surface area contributed by atoms with E-state index in [1.165, 1.54) is 25.7 Å². The Kier molecular flexibility index (Phi) is 5.16. The maximum atomic E-state index is 11.3. The van der Waals surface area contributed by atoms with E-state index >= 15 is 0 Å². The third-order valence-electron chi connectivity index (χ3n) is 3.19. The van der Waals surface area contributed by atoms with Gasteiger partial charge in [-0.25, -0.2) is 0 Å². The fraction of sp³-hybridized carbons (Fsp3) is 0.917. The molecule has 0 bridgehead atoms. The van der Waals surface area contributed by atoms with Crippen LogP contribution < -0.4 is 0 Å². The van der Waals surface area contributed by atoms with E-state index < -0.39 is 0 Å². The number of rotatable bonds is 5. The zero-order valence-corrected chi connectivity index (χ0v) is 9.59. The van der Waals surface area contributed by atoms with E-state index in [9.17, 15) is 4.79 Å². The lowest BCUT2D eigenvalue weighted by Crippen LogP contribution is -2.36. The molecule has 0 saturated heterocycles. The molecular formula is C12H23NO. The van der Waals surface area contributed by atoms with E-state index in [2.05, 4.69) is 18.9 Å². The maximum Gasteiger partial charge on any atom is 0.134 e. The van der Waals surface area contributed by atoms with Crippen LogP contribution in [-0.2, 0) is 4.79 Å². The van der Waals surface area contributed by atoms with Crippen LogP contribution in [0.1, 0.15) is 51.9 Å². The highest BCUT2D eigenvalue weighted by Gasteiger charge is 2.22. The summed E-state index contributed by atoms with van der Waals surface area (Å²) < 4.78 is 0. The molecule has 0 heterocycles. The summed E-state index contributed by atoms with van der Waals surface area (Å²) in [6, 6.07) is 0.535. The highest BCUT2D eigenvalue weighted by atomic mass is 16.1. The predicted octanol–water partition coefficient (Wildman–Crippen LogP) is 2.62. The smallest absolute Gasteiger partial charge is 0.134 e. The first-order valence-electron chi connectivity index (χ1n) is 5.96. The van der Waals surface area contributed by atoms with Gasteiger partial charge in [-0.15, -0.1) is 0 Å². The highest BCUT2D eigenvalue weighted by Crippen LogP contribution is 2.19. The molecule has 1 aliphatic carbocycles. The topological polar surface area (TPSA) is 20.3 Å². The third-order valence-corrected chi connectivity index (χ3v) is 3.19. The Morgan fingerprint density at radius 1 is 1.43 bits per heavy atom. The molecule has 2 nitrogen and oxygen atoms in total. The van der Waals surface area contributed by atoms with E-state index in [-0.39, 0.29) is 0 Å². The molecule has 0 amide bonds. The summed E-state index contributed by atoms with van der Waals surface area (Å²) >= 11 is 0. The van der Waals surface area contributed by atoms with Crippen molar-refractivity contribution in [1.29, 1.82) is 0 Å². The second-order valence-electron chi connectivity index (χ2n) is 4.48. The minimum atomic E-state index is 0.462. The van der Waals surface area contributed by atoms with Gasteiger partial charge in [-0.05, 0) is 32.9 Å². The largest absolute Gasteiger partial charge is 0.303 e. The summed E-state index contributed by atoms with van der Waals surface area (Å²) in [5.41, 5.74) is 0. The third kappa shape index (κ3) is 3.79. The highest BCUT2D eigenvalue weighted by molar-refractivity contribution is 5.79. The summed E-state index contributed by atoms with van der Waals surface area (Å²) in [4.78, 5) is 13.7. The van der Waals surface area contributed by atoms with Gasteiger partial charge >= 0.3 is 0 Å². The predicted molar refractivity (Wildman–Crippen MR) is 59.4 cm³/mol. The number of carbonyl (C=O) groups excluding carboxylic acids is 1. The number of carbonyl (C=O) groups is 1. The molecule has 1 unspecified atom stereocenters. The lowest BCUT2D eigenvalue weighted by Gasteiger charge is -2.30. The van der Waals surface area contributed by atoms with Crippen molar-refractivity contribution in [3.8, 4) is 0 Å². The van der Waals surface area contributed by atoms with E-state index in [1.54, 1.807) is 0 Å². The first-order chi connectivity index (χ1) is 6.74. The number of nitrogens with zero attached hydrogens (tertiary/aromatic N) is 1. The van der Waals surface area contributed by atoms with Gasteiger partial charge in [0.2, 0.25) is 0 Å². The zero-order valence-electron chi connectivity index (χ0n) is 9.59. The van der Waals surface area contributed by atoms with Crippen LogP contribution in [0.3, 0.4) is 0 Å². The SMILES string of the molecule is CCCCCN(C)C1CCCC(=O)C1. The van der Waals surface area contributed by atoms with Gasteiger partial charge in [-0.1, -0.05) is 19.8 Å². The molecule has 0 N–H and O–H groups in total. The Hall–Kier alpha value is -0.370. The van der Waals surface area contributed by atoms with Crippen LogP contribution in [0.25, 0.3) is 0 Å². The second-order valence-corrected chi connectivity index (χ2v) is 4.48. The second kappa shape index (κ2) is 6.18. The Balaban J connectivity index is 2.21. The molecule has 0 aliphatic heterocycles. The van der Waals surface area contributed by atoms with Crippen molar-refractivity contribution in [2.45, 2.75) is 57.9 Å². The fourth-order valence-corrected chi connectivity index (χ4v) is 2.17. The van der Waals surface area contributed by atoms with Crippen LogP contribution in [0.5, 0.6) is 0 Å². The molecular weight excluding hydrogens is 174 g/mol. The number of unbranched alkanes of at least 4 members (excludes halogenated alkanes) is 2. The van der Waals surface area contributed by atoms with Crippen molar-refractivity contribution in [1.82, 2.24) is 4.90 Å². The van der Waals surface area contributed by atoms with Gasteiger partial charge in [0.1, 0.15) is 5.78 Å². The van der Waals surface area contributed by atoms with Crippen LogP contribution in [0.15, 0.2) is 0 Å². The summed E-state index contributed by atoms with van der Waals surface area (Å²) in [7, 11) is 2.17. The standard InChI is InChI=1S/C12H23NO/c1-3-4-5-9-13(2)11-7-6-8-12(14)10-11/h11H,3-10H2,1-2H3. The van der Waals surface area contributed by atoms with Crippen LogP contribution in [0.2, 0.25) is 0 Å². The lowest BCUT2D eigenvalue weighted by atomic mass is 9.93. The van der Waals surface area contributed by atoms with E-state index in [0.29, 0.717) is 11.8 Å². The fourth-order valence-electron chi connectivity index (χ4n) is 2.17. The van der Waals surface area contributed by atoms with Crippen LogP contribution in [-0.4, -0.2) is 30.3 Å². The summed E-state index contributed by atoms with van der Waals surface area (Å²) in [5.74, 6) is 0.462. The molecule has 0 aromatic carbocycles. The van der Waals surface area contributed by atoms with E-state index in [4.69, 9.17) is 0 Å². The van der Waals surface area contributed by atoms with E-state index in [1.807, 2.05) is 0 Å². The summed E-state index contributed by atoms with van der Waals surface area (Å²) in [6.07, 6.45) is 7.79. The van der Waals surface area contributed by atoms with Gasteiger partial charge in [-0.3, -0.25) is 4.79 Å². The van der Waals surface area contributed by atoms with Gasteiger partial charge in [0, 0.05) is 18.9 Å². The Morgan fingerprint density at radius 2 is 2.21 bits per heavy atom. The minimum absolute atomic E-state index is 0.462. The van der Waals surface area contributed by atoms with Crippen molar-refractivity contribution in [3.05, 3.63) is 0 Å². The lowest BCUT2D eigenvalue weighted by molar-refractivity contribution is -0.121. The summed E-state index contributed by atoms with van der Waals surface area (Å²) in [6.45, 7) is 3.38. The van der Waals surface area contributed by atoms with Crippen molar-refractivity contribution < 1.29 is 4.79 Å². The summed E-state index contributed by atoms with van der Waals surface area (Å²) in [5, 5.41) is 0. The first-order valence-corrected chi connectivity index (χ1v) is 5.96. The molecule has 82 valence electrons. The normalized spacial score (nSPS) is 23.1. The average molecular weight is 197 g/mol. The van der Waals surface area contributed by atoms with Crippen LogP contribution in [0.4, 0.5) is 0 Å². The monoisotopic (exact) mass is 197 g/mol. The molecule has 1 rings (SSSR count). The Morgan fingerprint density at radius 3 is 2.86 bits per heavy atom. The Labute approximate surface area is 87.7 Å². The van der Waals surface area contributed by atoms with Gasteiger partial charge in [0.15, 0.2) is 0 Å². The van der Waals surface area contributed by atoms with Crippen molar-refractivity contribution in [2.24, 2.45) is 0 Å². The van der Waals surface area contributed by atoms with Gasteiger partial charge < -0.3 is 4.90 Å². The van der Waals surface area contributed by atoms with Gasteiger partial charge in [0.05, 0.1) is 0 Å². The molecule has 0 aromatic rings. The molecule has 0 aromatic heterocycles. The first kappa shape index (κ1) is 11.7. The average Bonchev–Trinajstić information content (AvgIpc) is 2.18. The number of ketones is 1. The molecule has 0 radical (unpaired) electrons.